The summed E-state index contributed by atoms with van der Waals surface area (Å²) in [5.74, 6) is -0.659. The van der Waals surface area contributed by atoms with Crippen molar-refractivity contribution in [3.63, 3.8) is 0 Å². The number of hydrogen-bond donors (Lipinski definition) is 1. The third-order valence-electron chi connectivity index (χ3n) is 7.03. The molecule has 1 amide bonds. The van der Waals surface area contributed by atoms with E-state index >= 15 is 0 Å². The van der Waals surface area contributed by atoms with Gasteiger partial charge in [0, 0.05) is 47.8 Å². The zero-order valence-electron chi connectivity index (χ0n) is 19.2. The van der Waals surface area contributed by atoms with Gasteiger partial charge >= 0.3 is 6.36 Å². The Morgan fingerprint density at radius 1 is 1.09 bits per heavy atom. The number of aromatic nitrogens is 2. The molecule has 2 aromatic heterocycles. The van der Waals surface area contributed by atoms with Crippen molar-refractivity contribution in [3.05, 3.63) is 59.2 Å². The molecule has 2 saturated heterocycles. The topological polar surface area (TPSA) is 61.5 Å². The molecule has 6 nitrogen and oxygen atoms in total. The van der Waals surface area contributed by atoms with Crippen LogP contribution >= 0.6 is 0 Å². The van der Waals surface area contributed by atoms with E-state index in [2.05, 4.69) is 26.7 Å². The van der Waals surface area contributed by atoms with Crippen LogP contribution in [0.15, 0.2) is 36.5 Å². The Morgan fingerprint density at radius 3 is 2.40 bits per heavy atom. The Hall–Kier alpha value is -3.14. The van der Waals surface area contributed by atoms with Crippen LogP contribution in [0.25, 0.3) is 11.0 Å². The first-order chi connectivity index (χ1) is 16.7. The van der Waals surface area contributed by atoms with Crippen molar-refractivity contribution in [1.82, 2.24) is 19.8 Å². The molecule has 1 atom stereocenters. The number of nitrogens with one attached hydrogen (secondary N) is 1. The molecule has 35 heavy (non-hydrogen) atoms. The zero-order valence-corrected chi connectivity index (χ0v) is 19.2. The van der Waals surface area contributed by atoms with Gasteiger partial charge in [0.1, 0.15) is 17.2 Å². The summed E-state index contributed by atoms with van der Waals surface area (Å²) in [6.07, 6.45) is -1.30. The average molecular weight is 491 g/mol. The predicted octanol–water partition coefficient (Wildman–Crippen LogP) is 5.04. The Balaban J connectivity index is 1.28. The predicted molar refractivity (Wildman–Crippen MR) is 122 cm³/mol. The highest BCUT2D eigenvalue weighted by Gasteiger charge is 2.32. The van der Waals surface area contributed by atoms with Crippen molar-refractivity contribution in [2.45, 2.75) is 37.5 Å². The molecule has 3 aromatic rings. The smallest absolute Gasteiger partial charge is 0.406 e. The van der Waals surface area contributed by atoms with Crippen LogP contribution in [0.2, 0.25) is 0 Å². The number of fused-ring (bicyclic) bond motifs is 1. The van der Waals surface area contributed by atoms with Gasteiger partial charge in [0.2, 0.25) is 0 Å². The molecule has 2 fully saturated rings. The number of rotatable bonds is 4. The van der Waals surface area contributed by atoms with Crippen molar-refractivity contribution in [1.29, 1.82) is 0 Å². The quantitative estimate of drug-likeness (QED) is 0.521. The lowest BCUT2D eigenvalue weighted by Crippen LogP contribution is -2.38. The SMILES string of the molecule is CN1CCC(c2cc3c(C4CCN(C(=O)c5ccc(OC(F)(F)F)cc5)CC4)c(F)cnc3[nH]2)C1. The van der Waals surface area contributed by atoms with Crippen LogP contribution in [0.1, 0.15) is 52.7 Å². The van der Waals surface area contributed by atoms with Gasteiger partial charge in [-0.2, -0.15) is 0 Å². The Morgan fingerprint density at radius 2 is 1.77 bits per heavy atom. The number of likely N-dealkylation sites (tertiary alicyclic amines) is 2. The van der Waals surface area contributed by atoms with Gasteiger partial charge in [0.25, 0.3) is 5.91 Å². The molecule has 1 aromatic carbocycles. The van der Waals surface area contributed by atoms with Crippen molar-refractivity contribution >= 4 is 16.9 Å². The molecule has 2 aliphatic rings. The van der Waals surface area contributed by atoms with E-state index in [0.717, 1.165) is 42.7 Å². The number of pyridine rings is 1. The van der Waals surface area contributed by atoms with Crippen LogP contribution in [-0.2, 0) is 0 Å². The van der Waals surface area contributed by atoms with Crippen molar-refractivity contribution in [3.8, 4) is 5.75 Å². The fourth-order valence-corrected chi connectivity index (χ4v) is 5.27. The number of carbonyl (C=O) groups is 1. The number of piperidine rings is 1. The summed E-state index contributed by atoms with van der Waals surface area (Å²) >= 11 is 0. The van der Waals surface area contributed by atoms with E-state index in [-0.39, 0.29) is 29.0 Å². The normalized spacial score (nSPS) is 20.0. The Bertz CT molecular complexity index is 1220. The molecule has 1 N–H and O–H groups in total. The van der Waals surface area contributed by atoms with E-state index in [1.807, 2.05) is 6.07 Å². The highest BCUT2D eigenvalue weighted by atomic mass is 19.4. The number of nitrogens with zero attached hydrogens (tertiary/aromatic N) is 3. The number of halogens is 4. The number of likely N-dealkylation sites (N-methyl/N-ethyl adjacent to an activating group) is 1. The van der Waals surface area contributed by atoms with Gasteiger partial charge in [0.15, 0.2) is 0 Å². The second-order valence-electron chi connectivity index (χ2n) is 9.39. The van der Waals surface area contributed by atoms with E-state index < -0.39 is 6.36 Å². The van der Waals surface area contributed by atoms with E-state index in [0.29, 0.717) is 43.1 Å². The molecule has 186 valence electrons. The Kier molecular flexibility index (Phi) is 6.16. The molecule has 2 aliphatic heterocycles. The van der Waals surface area contributed by atoms with Crippen LogP contribution in [0.4, 0.5) is 17.6 Å². The van der Waals surface area contributed by atoms with Crippen molar-refractivity contribution in [2.24, 2.45) is 0 Å². The van der Waals surface area contributed by atoms with Gasteiger partial charge in [-0.05, 0) is 69.1 Å². The maximum absolute atomic E-state index is 15.0. The summed E-state index contributed by atoms with van der Waals surface area (Å²) in [7, 11) is 2.09. The minimum atomic E-state index is -4.78. The van der Waals surface area contributed by atoms with Gasteiger partial charge in [-0.3, -0.25) is 4.79 Å². The van der Waals surface area contributed by atoms with Gasteiger partial charge in [-0.25, -0.2) is 9.37 Å². The molecular formula is C25H26F4N4O2. The average Bonchev–Trinajstić information content (AvgIpc) is 3.44. The first-order valence-electron chi connectivity index (χ1n) is 11.7. The molecule has 0 spiro atoms. The second-order valence-corrected chi connectivity index (χ2v) is 9.39. The number of H-pyrrole nitrogens is 1. The van der Waals surface area contributed by atoms with Crippen molar-refractivity contribution < 1.29 is 27.1 Å². The van der Waals surface area contributed by atoms with Gasteiger partial charge in [-0.15, -0.1) is 13.2 Å². The molecule has 0 bridgehead atoms. The summed E-state index contributed by atoms with van der Waals surface area (Å²) in [5.41, 5.74) is 2.69. The van der Waals surface area contributed by atoms with Gasteiger partial charge in [-0.1, -0.05) is 0 Å². The third-order valence-corrected chi connectivity index (χ3v) is 7.03. The molecule has 1 unspecified atom stereocenters. The fraction of sp³-hybridized carbons (Fsp3) is 0.440. The first-order valence-corrected chi connectivity index (χ1v) is 11.7. The minimum absolute atomic E-state index is 0.0537. The maximum atomic E-state index is 15.0. The van der Waals surface area contributed by atoms with Gasteiger partial charge in [0.05, 0.1) is 6.20 Å². The van der Waals surface area contributed by atoms with Crippen LogP contribution in [0.5, 0.6) is 5.75 Å². The molecule has 5 rings (SSSR count). The first kappa shape index (κ1) is 23.6. The fourth-order valence-electron chi connectivity index (χ4n) is 5.27. The Labute approximate surface area is 199 Å². The molecule has 4 heterocycles. The zero-order chi connectivity index (χ0) is 24.7. The number of aromatic amines is 1. The number of ether oxygens (including phenoxy) is 1. The number of alkyl halides is 3. The standard InChI is InChI=1S/C25H26F4N4O2/c1-32-9-6-17(14-32)21-12-19-22(20(26)13-30-23(19)31-21)15-7-10-33(11-8-15)24(34)16-2-4-18(5-3-16)35-25(27,28)29/h2-5,12-13,15,17H,6-11,14H2,1H3,(H,30,31). The summed E-state index contributed by atoms with van der Waals surface area (Å²) in [4.78, 5) is 24.4. The molecule has 10 heteroatoms. The molecule has 0 radical (unpaired) electrons. The molecular weight excluding hydrogens is 464 g/mol. The third kappa shape index (κ3) is 4.98. The summed E-state index contributed by atoms with van der Waals surface area (Å²) in [6.45, 7) is 2.84. The van der Waals surface area contributed by atoms with Gasteiger partial charge < -0.3 is 19.5 Å². The minimum Gasteiger partial charge on any atom is -0.406 e. The number of carbonyl (C=O) groups excluding carboxylic acids is 1. The second kappa shape index (κ2) is 9.14. The largest absolute Gasteiger partial charge is 0.573 e. The van der Waals surface area contributed by atoms with E-state index in [1.54, 1.807) is 4.90 Å². The van der Waals surface area contributed by atoms with E-state index in [4.69, 9.17) is 0 Å². The summed E-state index contributed by atoms with van der Waals surface area (Å²) in [6, 6.07) is 6.93. The highest BCUT2D eigenvalue weighted by Crippen LogP contribution is 2.37. The van der Waals surface area contributed by atoms with E-state index in [1.165, 1.54) is 18.3 Å². The van der Waals surface area contributed by atoms with Crippen LogP contribution in [0.3, 0.4) is 0 Å². The van der Waals surface area contributed by atoms with Crippen LogP contribution in [0, 0.1) is 5.82 Å². The number of amides is 1. The van der Waals surface area contributed by atoms with Crippen LogP contribution in [-0.4, -0.2) is 65.3 Å². The number of benzene rings is 1. The van der Waals surface area contributed by atoms with E-state index in [9.17, 15) is 22.4 Å². The highest BCUT2D eigenvalue weighted by molar-refractivity contribution is 5.94. The lowest BCUT2D eigenvalue weighted by Gasteiger charge is -2.32. The monoisotopic (exact) mass is 490 g/mol. The lowest BCUT2D eigenvalue weighted by molar-refractivity contribution is -0.274. The summed E-state index contributed by atoms with van der Waals surface area (Å²) in [5, 5.41) is 0.805. The summed E-state index contributed by atoms with van der Waals surface area (Å²) < 4.78 is 55.9. The maximum Gasteiger partial charge on any atom is 0.573 e. The van der Waals surface area contributed by atoms with Crippen molar-refractivity contribution in [2.75, 3.05) is 33.2 Å². The van der Waals surface area contributed by atoms with Crippen LogP contribution < -0.4 is 4.74 Å². The molecule has 0 aliphatic carbocycles. The lowest BCUT2D eigenvalue weighted by atomic mass is 9.87. The molecule has 0 saturated carbocycles. The number of hydrogen-bond acceptors (Lipinski definition) is 4.